The van der Waals surface area contributed by atoms with E-state index < -0.39 is 34.4 Å². The summed E-state index contributed by atoms with van der Waals surface area (Å²) in [5.74, 6) is -1.20. The second-order valence-electron chi connectivity index (χ2n) is 5.21. The van der Waals surface area contributed by atoms with Gasteiger partial charge in [0.25, 0.3) is 5.91 Å². The number of carbonyl (C=O) groups excluding carboxylic acids is 2. The number of benzene rings is 1. The highest BCUT2D eigenvalue weighted by atomic mass is 35.5. The van der Waals surface area contributed by atoms with Gasteiger partial charge in [-0.15, -0.1) is 0 Å². The number of halogens is 2. The van der Waals surface area contributed by atoms with E-state index in [1.165, 1.54) is 0 Å². The minimum absolute atomic E-state index is 0.0583. The molecule has 2 rings (SSSR count). The van der Waals surface area contributed by atoms with Gasteiger partial charge in [0.05, 0.1) is 17.9 Å². The zero-order valence-electron chi connectivity index (χ0n) is 12.1. The molecule has 23 heavy (non-hydrogen) atoms. The largest absolute Gasteiger partial charge is 0.455 e. The molecule has 1 fully saturated rings. The van der Waals surface area contributed by atoms with Crippen LogP contribution in [-0.4, -0.2) is 44.4 Å². The van der Waals surface area contributed by atoms with E-state index in [1.807, 2.05) is 0 Å². The fourth-order valence-electron chi connectivity index (χ4n) is 2.22. The van der Waals surface area contributed by atoms with Crippen molar-refractivity contribution in [2.75, 3.05) is 18.1 Å². The van der Waals surface area contributed by atoms with Gasteiger partial charge in [-0.25, -0.2) is 8.42 Å². The summed E-state index contributed by atoms with van der Waals surface area (Å²) in [6, 6.07) is 4.43. The first kappa shape index (κ1) is 18.0. The number of hydrogen-bond acceptors (Lipinski definition) is 5. The lowest BCUT2D eigenvalue weighted by Gasteiger charge is -2.11. The Hall–Kier alpha value is -1.31. The standard InChI is InChI=1S/C14H15Cl2NO5S/c15-11-2-1-3-12(16)10(11)6-14(19)22-7-13(18)17-9-4-5-23(20,21)8-9/h1-3,9H,4-8H2,(H,17,18)/t9-/m1/s1. The molecule has 9 heteroatoms. The summed E-state index contributed by atoms with van der Waals surface area (Å²) in [5, 5.41) is 3.21. The van der Waals surface area contributed by atoms with Crippen LogP contribution in [0.3, 0.4) is 0 Å². The molecule has 1 N–H and O–H groups in total. The van der Waals surface area contributed by atoms with Gasteiger partial charge in [-0.1, -0.05) is 29.3 Å². The van der Waals surface area contributed by atoms with Crippen LogP contribution in [0.15, 0.2) is 18.2 Å². The number of esters is 1. The summed E-state index contributed by atoms with van der Waals surface area (Å²) in [4.78, 5) is 23.4. The van der Waals surface area contributed by atoms with Crippen molar-refractivity contribution in [2.24, 2.45) is 0 Å². The van der Waals surface area contributed by atoms with Gasteiger partial charge in [0, 0.05) is 21.7 Å². The van der Waals surface area contributed by atoms with E-state index >= 15 is 0 Å². The van der Waals surface area contributed by atoms with Crippen molar-refractivity contribution in [2.45, 2.75) is 18.9 Å². The Morgan fingerprint density at radius 1 is 1.26 bits per heavy atom. The fraction of sp³-hybridized carbons (Fsp3) is 0.429. The molecule has 1 aromatic carbocycles. The van der Waals surface area contributed by atoms with E-state index in [4.69, 9.17) is 27.9 Å². The van der Waals surface area contributed by atoms with E-state index in [9.17, 15) is 18.0 Å². The Kier molecular flexibility index (Phi) is 5.89. The Balaban J connectivity index is 1.79. The van der Waals surface area contributed by atoms with Crippen LogP contribution in [0, 0.1) is 0 Å². The Bertz CT molecular complexity index is 700. The third-order valence-electron chi connectivity index (χ3n) is 3.34. The molecule has 0 bridgehead atoms. The van der Waals surface area contributed by atoms with Crippen LogP contribution < -0.4 is 5.32 Å². The van der Waals surface area contributed by atoms with Crippen LogP contribution >= 0.6 is 23.2 Å². The third-order valence-corrected chi connectivity index (χ3v) is 5.82. The van der Waals surface area contributed by atoms with E-state index in [1.54, 1.807) is 18.2 Å². The van der Waals surface area contributed by atoms with E-state index in [-0.39, 0.29) is 17.9 Å². The highest BCUT2D eigenvalue weighted by molar-refractivity contribution is 7.91. The summed E-state index contributed by atoms with van der Waals surface area (Å²) in [6.07, 6.45) is 0.223. The molecule has 0 spiro atoms. The molecule has 0 radical (unpaired) electrons. The molecule has 0 unspecified atom stereocenters. The number of hydrogen-bond donors (Lipinski definition) is 1. The third kappa shape index (κ3) is 5.37. The molecule has 6 nitrogen and oxygen atoms in total. The maximum Gasteiger partial charge on any atom is 0.310 e. The second-order valence-corrected chi connectivity index (χ2v) is 8.25. The van der Waals surface area contributed by atoms with Crippen LogP contribution in [0.2, 0.25) is 10.0 Å². The number of amides is 1. The van der Waals surface area contributed by atoms with Crippen LogP contribution in [0.25, 0.3) is 0 Å². The minimum Gasteiger partial charge on any atom is -0.455 e. The van der Waals surface area contributed by atoms with Crippen molar-refractivity contribution in [3.8, 4) is 0 Å². The molecule has 126 valence electrons. The van der Waals surface area contributed by atoms with Gasteiger partial charge < -0.3 is 10.1 Å². The van der Waals surface area contributed by atoms with E-state index in [0.717, 1.165) is 0 Å². The van der Waals surface area contributed by atoms with Gasteiger partial charge in [-0.2, -0.15) is 0 Å². The topological polar surface area (TPSA) is 89.5 Å². The van der Waals surface area contributed by atoms with Crippen molar-refractivity contribution in [1.82, 2.24) is 5.32 Å². The first-order valence-electron chi connectivity index (χ1n) is 6.85. The number of rotatable bonds is 5. The maximum absolute atomic E-state index is 11.7. The quantitative estimate of drug-likeness (QED) is 0.780. The number of nitrogens with one attached hydrogen (secondary N) is 1. The molecule has 0 saturated carbocycles. The van der Waals surface area contributed by atoms with Crippen molar-refractivity contribution in [3.05, 3.63) is 33.8 Å². The average molecular weight is 380 g/mol. The van der Waals surface area contributed by atoms with E-state index in [0.29, 0.717) is 22.0 Å². The minimum atomic E-state index is -3.07. The summed E-state index contributed by atoms with van der Waals surface area (Å²) < 4.78 is 27.5. The molecule has 1 aliphatic heterocycles. The van der Waals surface area contributed by atoms with E-state index in [2.05, 4.69) is 5.32 Å². The summed E-state index contributed by atoms with van der Waals surface area (Å²) in [7, 11) is -3.07. The Morgan fingerprint density at radius 3 is 2.48 bits per heavy atom. The second kappa shape index (κ2) is 7.51. The lowest BCUT2D eigenvalue weighted by Crippen LogP contribution is -2.38. The molecule has 0 aliphatic carbocycles. The first-order valence-corrected chi connectivity index (χ1v) is 9.43. The maximum atomic E-state index is 11.7. The van der Waals surface area contributed by atoms with Gasteiger partial charge >= 0.3 is 5.97 Å². The first-order chi connectivity index (χ1) is 10.8. The summed E-state index contributed by atoms with van der Waals surface area (Å²) in [6.45, 7) is -0.475. The molecule has 1 amide bonds. The Morgan fingerprint density at radius 2 is 1.91 bits per heavy atom. The summed E-state index contributed by atoms with van der Waals surface area (Å²) >= 11 is 11.9. The highest BCUT2D eigenvalue weighted by Crippen LogP contribution is 2.24. The van der Waals surface area contributed by atoms with Gasteiger partial charge in [-0.05, 0) is 18.6 Å². The van der Waals surface area contributed by atoms with Gasteiger partial charge in [0.1, 0.15) is 0 Å². The monoisotopic (exact) mass is 379 g/mol. The average Bonchev–Trinajstić information content (AvgIpc) is 2.80. The van der Waals surface area contributed by atoms with Crippen LogP contribution in [0.4, 0.5) is 0 Å². The zero-order chi connectivity index (χ0) is 17.0. The zero-order valence-corrected chi connectivity index (χ0v) is 14.4. The molecular weight excluding hydrogens is 365 g/mol. The van der Waals surface area contributed by atoms with Crippen molar-refractivity contribution in [1.29, 1.82) is 0 Å². The van der Waals surface area contributed by atoms with Crippen LogP contribution in [0.1, 0.15) is 12.0 Å². The van der Waals surface area contributed by atoms with Gasteiger partial charge in [-0.3, -0.25) is 9.59 Å². The van der Waals surface area contributed by atoms with Gasteiger partial charge in [0.2, 0.25) is 0 Å². The molecule has 1 aliphatic rings. The van der Waals surface area contributed by atoms with Crippen molar-refractivity contribution in [3.63, 3.8) is 0 Å². The Labute approximate surface area is 144 Å². The fourth-order valence-corrected chi connectivity index (χ4v) is 4.43. The van der Waals surface area contributed by atoms with Crippen LogP contribution in [-0.2, 0) is 30.6 Å². The molecular formula is C14H15Cl2NO5S. The predicted molar refractivity (Wildman–Crippen MR) is 86.3 cm³/mol. The molecule has 1 aromatic rings. The smallest absolute Gasteiger partial charge is 0.310 e. The number of ether oxygens (including phenoxy) is 1. The SMILES string of the molecule is O=C(COC(=O)Cc1c(Cl)cccc1Cl)N[C@@H]1CCS(=O)(=O)C1. The predicted octanol–water partition coefficient (Wildman–Crippen LogP) is 1.38. The molecule has 1 atom stereocenters. The molecule has 1 heterocycles. The van der Waals surface area contributed by atoms with Gasteiger partial charge in [0.15, 0.2) is 16.4 Å². The van der Waals surface area contributed by atoms with Crippen molar-refractivity contribution >= 4 is 44.9 Å². The highest BCUT2D eigenvalue weighted by Gasteiger charge is 2.29. The van der Waals surface area contributed by atoms with Crippen LogP contribution in [0.5, 0.6) is 0 Å². The van der Waals surface area contributed by atoms with Crippen molar-refractivity contribution < 1.29 is 22.7 Å². The number of carbonyl (C=O) groups is 2. The lowest BCUT2D eigenvalue weighted by atomic mass is 10.1. The summed E-state index contributed by atoms with van der Waals surface area (Å²) in [5.41, 5.74) is 0.433. The lowest BCUT2D eigenvalue weighted by molar-refractivity contribution is -0.148. The molecule has 1 saturated heterocycles. The normalized spacial score (nSPS) is 19.3. The molecule has 0 aromatic heterocycles. The number of sulfone groups is 1.